The van der Waals surface area contributed by atoms with Crippen LogP contribution in [0.1, 0.15) is 43.7 Å². The van der Waals surface area contributed by atoms with E-state index in [-0.39, 0.29) is 11.6 Å². The fraction of sp³-hybridized carbons (Fsp3) is 0.0714. The molecule has 0 aliphatic heterocycles. The van der Waals surface area contributed by atoms with Crippen molar-refractivity contribution in [2.45, 2.75) is 11.8 Å². The lowest BCUT2D eigenvalue weighted by Crippen LogP contribution is -2.27. The van der Waals surface area contributed by atoms with Crippen LogP contribution in [-0.4, -0.2) is 11.6 Å². The van der Waals surface area contributed by atoms with E-state index in [0.29, 0.717) is 11.1 Å². The molecule has 4 aromatic rings. The van der Waals surface area contributed by atoms with Crippen LogP contribution in [0, 0.1) is 0 Å². The van der Waals surface area contributed by atoms with Gasteiger partial charge in [-0.25, -0.2) is 0 Å². The van der Waals surface area contributed by atoms with E-state index in [0.717, 1.165) is 20.1 Å². The monoisotopic (exact) mass is 546 g/mol. The molecule has 4 rings (SSSR count). The molecule has 0 bridgehead atoms. The Hall–Kier alpha value is -2.82. The molecule has 0 aliphatic rings. The standard InChI is InChI=1S/C28H20Br2O2/c29-23-15-11-19(12-16-23)25(27(31)21-7-3-1-4-8-21)26(20-13-17-24(30)18-14-20)28(32)22-9-5-2-6-10-22/h1-18,25-26H. The van der Waals surface area contributed by atoms with E-state index in [4.69, 9.17) is 0 Å². The molecule has 4 aromatic carbocycles. The summed E-state index contributed by atoms with van der Waals surface area (Å²) in [5.74, 6) is -1.49. The number of halogens is 2. The van der Waals surface area contributed by atoms with Crippen molar-refractivity contribution in [2.75, 3.05) is 0 Å². The van der Waals surface area contributed by atoms with Gasteiger partial charge in [0.15, 0.2) is 11.6 Å². The van der Waals surface area contributed by atoms with Crippen LogP contribution in [0.15, 0.2) is 118 Å². The maximum absolute atomic E-state index is 13.9. The zero-order valence-corrected chi connectivity index (χ0v) is 20.3. The molecule has 158 valence electrons. The molecule has 0 fully saturated rings. The number of ketones is 2. The quantitative estimate of drug-likeness (QED) is 0.221. The third-order valence-corrected chi connectivity index (χ3v) is 6.53. The molecular weight excluding hydrogens is 528 g/mol. The first kappa shape index (κ1) is 22.4. The van der Waals surface area contributed by atoms with Crippen LogP contribution in [0.25, 0.3) is 0 Å². The number of hydrogen-bond donors (Lipinski definition) is 0. The molecule has 0 heterocycles. The third kappa shape index (κ3) is 4.98. The largest absolute Gasteiger partial charge is 0.293 e. The van der Waals surface area contributed by atoms with Crippen LogP contribution >= 0.6 is 31.9 Å². The second-order valence-corrected chi connectivity index (χ2v) is 9.35. The highest BCUT2D eigenvalue weighted by atomic mass is 79.9. The van der Waals surface area contributed by atoms with Gasteiger partial charge in [-0.15, -0.1) is 0 Å². The molecule has 0 aliphatic carbocycles. The van der Waals surface area contributed by atoms with Crippen LogP contribution in [-0.2, 0) is 0 Å². The molecule has 2 unspecified atom stereocenters. The Kier molecular flexibility index (Phi) is 7.13. The first-order chi connectivity index (χ1) is 15.5. The summed E-state index contributed by atoms with van der Waals surface area (Å²) >= 11 is 6.95. The highest BCUT2D eigenvalue weighted by molar-refractivity contribution is 9.10. The van der Waals surface area contributed by atoms with Crippen LogP contribution in [0.3, 0.4) is 0 Å². The van der Waals surface area contributed by atoms with Gasteiger partial charge in [-0.2, -0.15) is 0 Å². The number of Topliss-reactive ketones (excluding diaryl/α,β-unsaturated/α-hetero) is 2. The van der Waals surface area contributed by atoms with E-state index >= 15 is 0 Å². The number of rotatable bonds is 7. The van der Waals surface area contributed by atoms with Gasteiger partial charge >= 0.3 is 0 Å². The van der Waals surface area contributed by atoms with Gasteiger partial charge < -0.3 is 0 Å². The molecule has 2 nitrogen and oxygen atoms in total. The second kappa shape index (κ2) is 10.2. The van der Waals surface area contributed by atoms with Crippen molar-refractivity contribution in [3.63, 3.8) is 0 Å². The van der Waals surface area contributed by atoms with Crippen molar-refractivity contribution < 1.29 is 9.59 Å². The van der Waals surface area contributed by atoms with Crippen molar-refractivity contribution in [1.82, 2.24) is 0 Å². The Morgan fingerprint density at radius 1 is 0.469 bits per heavy atom. The first-order valence-electron chi connectivity index (χ1n) is 10.2. The minimum Gasteiger partial charge on any atom is -0.293 e. The fourth-order valence-electron chi connectivity index (χ4n) is 3.89. The van der Waals surface area contributed by atoms with Crippen molar-refractivity contribution >= 4 is 43.4 Å². The molecule has 4 heteroatoms. The van der Waals surface area contributed by atoms with Crippen LogP contribution < -0.4 is 0 Å². The highest BCUT2D eigenvalue weighted by Gasteiger charge is 2.37. The average Bonchev–Trinajstić information content (AvgIpc) is 2.84. The Balaban J connectivity index is 1.91. The minimum absolute atomic E-state index is 0.0786. The van der Waals surface area contributed by atoms with Crippen molar-refractivity contribution in [3.8, 4) is 0 Å². The number of hydrogen-bond acceptors (Lipinski definition) is 2. The van der Waals surface area contributed by atoms with E-state index in [9.17, 15) is 9.59 Å². The van der Waals surface area contributed by atoms with Gasteiger partial charge in [0.05, 0.1) is 11.8 Å². The molecule has 32 heavy (non-hydrogen) atoms. The van der Waals surface area contributed by atoms with Gasteiger partial charge in [-0.05, 0) is 35.4 Å². The number of carbonyl (C=O) groups is 2. The molecule has 0 saturated carbocycles. The zero-order chi connectivity index (χ0) is 22.5. The lowest BCUT2D eigenvalue weighted by molar-refractivity contribution is 0.0866. The predicted molar refractivity (Wildman–Crippen MR) is 135 cm³/mol. The van der Waals surface area contributed by atoms with Crippen LogP contribution in [0.2, 0.25) is 0 Å². The van der Waals surface area contributed by atoms with Crippen LogP contribution in [0.4, 0.5) is 0 Å². The molecule has 2 atom stereocenters. The van der Waals surface area contributed by atoms with E-state index < -0.39 is 11.8 Å². The zero-order valence-electron chi connectivity index (χ0n) is 17.1. The van der Waals surface area contributed by atoms with E-state index in [1.807, 2.05) is 84.9 Å². The fourth-order valence-corrected chi connectivity index (χ4v) is 4.42. The van der Waals surface area contributed by atoms with Gasteiger partial charge in [0.25, 0.3) is 0 Å². The summed E-state index contributed by atoms with van der Waals surface area (Å²) in [4.78, 5) is 27.7. The number of carbonyl (C=O) groups excluding carboxylic acids is 2. The summed E-state index contributed by atoms with van der Waals surface area (Å²) in [6.07, 6.45) is 0. The normalized spacial score (nSPS) is 12.7. The summed E-state index contributed by atoms with van der Waals surface area (Å²) in [5, 5.41) is 0. The maximum Gasteiger partial charge on any atom is 0.171 e. The van der Waals surface area contributed by atoms with E-state index in [1.165, 1.54) is 0 Å². The van der Waals surface area contributed by atoms with Crippen molar-refractivity contribution in [1.29, 1.82) is 0 Å². The minimum atomic E-state index is -0.667. The Bertz CT molecular complexity index is 1100. The van der Waals surface area contributed by atoms with Gasteiger partial charge in [0.2, 0.25) is 0 Å². The van der Waals surface area contributed by atoms with E-state index in [1.54, 1.807) is 24.3 Å². The summed E-state index contributed by atoms with van der Waals surface area (Å²) in [5.41, 5.74) is 2.78. The van der Waals surface area contributed by atoms with Gasteiger partial charge in [0, 0.05) is 20.1 Å². The summed E-state index contributed by atoms with van der Waals surface area (Å²) < 4.78 is 1.84. The Morgan fingerprint density at radius 3 is 1.09 bits per heavy atom. The topological polar surface area (TPSA) is 34.1 Å². The third-order valence-electron chi connectivity index (χ3n) is 5.47. The summed E-state index contributed by atoms with van der Waals surface area (Å²) in [6, 6.07) is 33.7. The average molecular weight is 548 g/mol. The highest BCUT2D eigenvalue weighted by Crippen LogP contribution is 2.39. The summed E-state index contributed by atoms with van der Waals surface area (Å²) in [7, 11) is 0. The Morgan fingerprint density at radius 2 is 0.781 bits per heavy atom. The van der Waals surface area contributed by atoms with E-state index in [2.05, 4.69) is 31.9 Å². The maximum atomic E-state index is 13.9. The first-order valence-corrected chi connectivity index (χ1v) is 11.8. The molecule has 0 N–H and O–H groups in total. The smallest absolute Gasteiger partial charge is 0.171 e. The van der Waals surface area contributed by atoms with Gasteiger partial charge in [0.1, 0.15) is 0 Å². The van der Waals surface area contributed by atoms with Gasteiger partial charge in [-0.1, -0.05) is 117 Å². The molecule has 0 spiro atoms. The number of benzene rings is 4. The second-order valence-electron chi connectivity index (χ2n) is 7.52. The van der Waals surface area contributed by atoms with Gasteiger partial charge in [-0.3, -0.25) is 9.59 Å². The van der Waals surface area contributed by atoms with Crippen molar-refractivity contribution in [2.24, 2.45) is 0 Å². The molecule has 0 amide bonds. The molecule has 0 radical (unpaired) electrons. The molecule has 0 saturated heterocycles. The van der Waals surface area contributed by atoms with Crippen LogP contribution in [0.5, 0.6) is 0 Å². The lowest BCUT2D eigenvalue weighted by Gasteiger charge is -2.27. The predicted octanol–water partition coefficient (Wildman–Crippen LogP) is 7.84. The molecular formula is C28H20Br2O2. The van der Waals surface area contributed by atoms with Crippen molar-refractivity contribution in [3.05, 3.63) is 140 Å². The lowest BCUT2D eigenvalue weighted by atomic mass is 9.73. The SMILES string of the molecule is O=C(c1ccccc1)C(c1ccc(Br)cc1)C(C(=O)c1ccccc1)c1ccc(Br)cc1. The Labute approximate surface area is 204 Å². The summed E-state index contributed by atoms with van der Waals surface area (Å²) in [6.45, 7) is 0. The molecule has 0 aromatic heterocycles.